The first kappa shape index (κ1) is 21.6. The van der Waals surface area contributed by atoms with Crippen LogP contribution in [0.1, 0.15) is 0 Å². The third-order valence-corrected chi connectivity index (χ3v) is 7.00. The van der Waals surface area contributed by atoms with Crippen LogP contribution in [0.25, 0.3) is 0 Å². The maximum absolute atomic E-state index is 13.8. The van der Waals surface area contributed by atoms with Crippen molar-refractivity contribution in [3.63, 3.8) is 0 Å². The highest BCUT2D eigenvalue weighted by Gasteiger charge is 2.32. The van der Waals surface area contributed by atoms with Gasteiger partial charge in [0.25, 0.3) is 20.0 Å². The Morgan fingerprint density at radius 1 is 0.600 bits per heavy atom. The summed E-state index contributed by atoms with van der Waals surface area (Å²) >= 11 is 0. The van der Waals surface area contributed by atoms with Gasteiger partial charge in [-0.3, -0.25) is 0 Å². The largest absolute Gasteiger partial charge is 0.356 e. The third kappa shape index (κ3) is 3.28. The summed E-state index contributed by atoms with van der Waals surface area (Å²) < 4.78 is 130. The molecule has 0 bridgehead atoms. The zero-order valence-electron chi connectivity index (χ0n) is 14.0. The maximum atomic E-state index is 13.8. The van der Waals surface area contributed by atoms with Crippen LogP contribution < -0.4 is 5.69 Å². The van der Waals surface area contributed by atoms with Gasteiger partial charge in [0, 0.05) is 24.5 Å². The van der Waals surface area contributed by atoms with E-state index in [0.717, 1.165) is 0 Å². The Hall–Kier alpha value is -3.07. The van der Waals surface area contributed by atoms with E-state index in [2.05, 4.69) is 0 Å². The van der Waals surface area contributed by atoms with E-state index in [-0.39, 0.29) is 36.7 Å². The molecule has 0 amide bonds. The topological polar surface area (TPSA) is 95.2 Å². The number of halogens is 6. The van der Waals surface area contributed by atoms with E-state index in [1.807, 2.05) is 0 Å². The van der Waals surface area contributed by atoms with Gasteiger partial charge in [-0.1, -0.05) is 0 Å². The van der Waals surface area contributed by atoms with E-state index in [9.17, 15) is 48.0 Å². The lowest BCUT2D eigenvalue weighted by Gasteiger charge is -2.08. The van der Waals surface area contributed by atoms with Crippen LogP contribution in [0.3, 0.4) is 0 Å². The fraction of sp³-hybridized carbons (Fsp3) is 0. The highest BCUT2D eigenvalue weighted by Crippen LogP contribution is 2.23. The summed E-state index contributed by atoms with van der Waals surface area (Å²) in [5, 5.41) is 0. The second-order valence-electron chi connectivity index (χ2n) is 5.58. The van der Waals surface area contributed by atoms with Crippen molar-refractivity contribution in [1.82, 2.24) is 7.94 Å². The first-order chi connectivity index (χ1) is 13.8. The van der Waals surface area contributed by atoms with Crippen LogP contribution in [-0.4, -0.2) is 24.8 Å². The number of hydrogen-bond acceptors (Lipinski definition) is 5. The first-order valence-corrected chi connectivity index (χ1v) is 10.3. The second-order valence-corrected chi connectivity index (χ2v) is 9.15. The summed E-state index contributed by atoms with van der Waals surface area (Å²) in [6, 6.07) is 0.114. The molecule has 0 atom stereocenters. The average molecular weight is 472 g/mol. The normalized spacial score (nSPS) is 12.3. The molecule has 2 aromatic carbocycles. The zero-order chi connectivity index (χ0) is 22.6. The molecule has 0 aliphatic heterocycles. The summed E-state index contributed by atoms with van der Waals surface area (Å²) in [6.07, 6.45) is 0.510. The summed E-state index contributed by atoms with van der Waals surface area (Å²) in [6.45, 7) is 0. The van der Waals surface area contributed by atoms with Gasteiger partial charge in [0.15, 0.2) is 23.3 Å². The molecular formula is C15H6F6N2O5S2. The molecule has 0 aliphatic rings. The van der Waals surface area contributed by atoms with Crippen molar-refractivity contribution in [2.45, 2.75) is 9.79 Å². The van der Waals surface area contributed by atoms with Gasteiger partial charge in [0.2, 0.25) is 0 Å². The molecule has 0 spiro atoms. The minimum absolute atomic E-state index is 0.0219. The van der Waals surface area contributed by atoms with E-state index in [1.165, 1.54) is 0 Å². The Morgan fingerprint density at radius 3 is 1.27 bits per heavy atom. The van der Waals surface area contributed by atoms with E-state index >= 15 is 0 Å². The Kier molecular flexibility index (Phi) is 5.06. The van der Waals surface area contributed by atoms with Crippen LogP contribution in [0.5, 0.6) is 0 Å². The number of rotatable bonds is 4. The number of aromatic nitrogens is 2. The SMILES string of the molecule is O=c1n(S(=O)(=O)c2cc(F)cc(F)c2F)ccn1S(=O)(=O)c1cc(F)cc(F)c1F. The summed E-state index contributed by atoms with van der Waals surface area (Å²) in [7, 11) is -10.7. The van der Waals surface area contributed by atoms with Crippen LogP contribution in [0.15, 0.2) is 51.2 Å². The Balaban J connectivity index is 2.24. The molecule has 1 heterocycles. The molecule has 160 valence electrons. The van der Waals surface area contributed by atoms with Gasteiger partial charge in [0.1, 0.15) is 21.4 Å². The van der Waals surface area contributed by atoms with Crippen LogP contribution in [-0.2, 0) is 20.0 Å². The Bertz CT molecular complexity index is 1350. The van der Waals surface area contributed by atoms with E-state index in [0.29, 0.717) is 0 Å². The van der Waals surface area contributed by atoms with Crippen molar-refractivity contribution in [1.29, 1.82) is 0 Å². The molecule has 30 heavy (non-hydrogen) atoms. The van der Waals surface area contributed by atoms with Crippen LogP contribution >= 0.6 is 0 Å². The van der Waals surface area contributed by atoms with Gasteiger partial charge in [-0.25, -0.2) is 48.0 Å². The summed E-state index contributed by atoms with van der Waals surface area (Å²) in [5.74, 6) is -11.0. The maximum Gasteiger partial charge on any atom is 0.356 e. The van der Waals surface area contributed by atoms with Crippen molar-refractivity contribution in [2.24, 2.45) is 0 Å². The molecule has 3 rings (SSSR count). The first-order valence-electron chi connectivity index (χ1n) is 7.38. The fourth-order valence-electron chi connectivity index (χ4n) is 2.36. The van der Waals surface area contributed by atoms with E-state index < -0.39 is 78.4 Å². The lowest BCUT2D eigenvalue weighted by atomic mass is 10.3. The van der Waals surface area contributed by atoms with Gasteiger partial charge in [-0.15, -0.1) is 0 Å². The zero-order valence-corrected chi connectivity index (χ0v) is 15.6. The quantitative estimate of drug-likeness (QED) is 0.428. The smallest absolute Gasteiger partial charge is 0.245 e. The predicted molar refractivity (Wildman–Crippen MR) is 86.5 cm³/mol. The number of imidazole rings is 1. The molecule has 7 nitrogen and oxygen atoms in total. The fourth-order valence-corrected chi connectivity index (χ4v) is 5.03. The predicted octanol–water partition coefficient (Wildman–Crippen LogP) is 1.96. The van der Waals surface area contributed by atoms with Gasteiger partial charge in [-0.2, -0.15) is 7.94 Å². The van der Waals surface area contributed by atoms with E-state index in [4.69, 9.17) is 0 Å². The van der Waals surface area contributed by atoms with Crippen molar-refractivity contribution >= 4 is 20.0 Å². The standard InChI is InChI=1S/C15H6F6N2O5S2/c16-7-3-9(18)13(20)11(5-7)29(25,26)22-1-2-23(15(22)24)30(27,28)12-6-8(17)4-10(19)14(12)21/h1-6H. The highest BCUT2D eigenvalue weighted by atomic mass is 32.2. The Labute approximate surface area is 163 Å². The molecule has 0 unspecified atom stereocenters. The number of hydrogen-bond donors (Lipinski definition) is 0. The van der Waals surface area contributed by atoms with Crippen LogP contribution in [0.4, 0.5) is 26.3 Å². The molecule has 0 N–H and O–H groups in total. The van der Waals surface area contributed by atoms with Crippen molar-refractivity contribution in [3.8, 4) is 0 Å². The van der Waals surface area contributed by atoms with Crippen LogP contribution in [0, 0.1) is 34.9 Å². The molecule has 0 fully saturated rings. The minimum atomic E-state index is -5.37. The van der Waals surface area contributed by atoms with Gasteiger partial charge in [-0.05, 0) is 12.1 Å². The number of benzene rings is 2. The third-order valence-electron chi connectivity index (χ3n) is 3.71. The highest BCUT2D eigenvalue weighted by molar-refractivity contribution is 7.90. The molecule has 0 saturated carbocycles. The molecule has 15 heteroatoms. The molecule has 3 aromatic rings. The van der Waals surface area contributed by atoms with Crippen molar-refractivity contribution in [3.05, 3.63) is 82.0 Å². The van der Waals surface area contributed by atoms with Crippen molar-refractivity contribution < 1.29 is 43.2 Å². The molecule has 0 saturated heterocycles. The van der Waals surface area contributed by atoms with Crippen molar-refractivity contribution in [2.75, 3.05) is 0 Å². The molecule has 1 aromatic heterocycles. The summed E-state index contributed by atoms with van der Waals surface area (Å²) in [4.78, 5) is 9.04. The average Bonchev–Trinajstić information content (AvgIpc) is 3.04. The number of nitrogens with zero attached hydrogens (tertiary/aromatic N) is 2. The van der Waals surface area contributed by atoms with Gasteiger partial charge in [0.05, 0.1) is 0 Å². The van der Waals surface area contributed by atoms with Gasteiger partial charge >= 0.3 is 5.69 Å². The lowest BCUT2D eigenvalue weighted by molar-refractivity contribution is 0.469. The van der Waals surface area contributed by atoms with E-state index in [1.54, 1.807) is 0 Å². The lowest BCUT2D eigenvalue weighted by Crippen LogP contribution is -2.33. The van der Waals surface area contributed by atoms with Crippen LogP contribution in [0.2, 0.25) is 0 Å². The molecule has 0 aliphatic carbocycles. The summed E-state index contributed by atoms with van der Waals surface area (Å²) in [5.41, 5.74) is -1.98. The minimum Gasteiger partial charge on any atom is -0.245 e. The monoisotopic (exact) mass is 472 g/mol. The molecular weight excluding hydrogens is 466 g/mol. The molecule has 0 radical (unpaired) electrons. The second kappa shape index (κ2) is 7.02. The van der Waals surface area contributed by atoms with Gasteiger partial charge < -0.3 is 0 Å². The Morgan fingerprint density at radius 2 is 0.933 bits per heavy atom.